The van der Waals surface area contributed by atoms with Gasteiger partial charge in [0, 0.05) is 20.8 Å². The number of carbonyl (C=O) groups excluding carboxylic acids is 2. The highest BCUT2D eigenvalue weighted by atomic mass is 16.7. The Hall–Kier alpha value is -1.10. The van der Waals surface area contributed by atoms with Crippen LogP contribution in [0.3, 0.4) is 0 Å². The van der Waals surface area contributed by atoms with Gasteiger partial charge in [-0.05, 0) is 0 Å². The fourth-order valence-corrected chi connectivity index (χ4v) is 1.56. The summed E-state index contributed by atoms with van der Waals surface area (Å²) in [5.74, 6) is -2.13. The van der Waals surface area contributed by atoms with Crippen molar-refractivity contribution in [2.75, 3.05) is 27.7 Å². The molecule has 0 radical (unpaired) electrons. The maximum absolute atomic E-state index is 10.9. The normalized spacial score (nSPS) is 12.1. The van der Waals surface area contributed by atoms with E-state index in [-0.39, 0.29) is 0 Å². The molecule has 0 unspecified atom stereocenters. The number of hydrogen-bond acceptors (Lipinski definition) is 4. The first-order valence-corrected chi connectivity index (χ1v) is 4.74. The van der Waals surface area contributed by atoms with Gasteiger partial charge in [0.25, 0.3) is 0 Å². The average Bonchev–Trinajstić information content (AvgIpc) is 1.73. The van der Waals surface area contributed by atoms with Gasteiger partial charge in [0.2, 0.25) is 0 Å². The Morgan fingerprint density at radius 1 is 1.07 bits per heavy atom. The van der Waals surface area contributed by atoms with Crippen LogP contribution in [-0.4, -0.2) is 49.9 Å². The molecular weight excluding hydrogens is 198 g/mol. The van der Waals surface area contributed by atoms with Crippen LogP contribution in [0.4, 0.5) is 0 Å². The minimum absolute atomic E-state index is 0.395. The molecule has 0 N–H and O–H groups in total. The lowest BCUT2D eigenvalue weighted by Crippen LogP contribution is -2.51. The van der Waals surface area contributed by atoms with Crippen LogP contribution >= 0.6 is 0 Å². The number of esters is 2. The van der Waals surface area contributed by atoms with Crippen molar-refractivity contribution in [3.63, 3.8) is 0 Å². The average molecular weight is 218 g/mol. The Labute approximate surface area is 90.5 Å². The molecule has 15 heavy (non-hydrogen) atoms. The number of rotatable bonds is 4. The van der Waals surface area contributed by atoms with Crippen LogP contribution in [-0.2, 0) is 19.1 Å². The summed E-state index contributed by atoms with van der Waals surface area (Å²) < 4.78 is 10.6. The van der Waals surface area contributed by atoms with Crippen LogP contribution in [0.1, 0.15) is 20.8 Å². The standard InChI is InChI=1S/C10H20NO4/c1-8(12)14-10(3,15-9(2)13)7-11(4,5)6/h7H2,1-6H3/q+1. The first-order valence-electron chi connectivity index (χ1n) is 4.74. The molecule has 0 aliphatic rings. The molecule has 0 aromatic carbocycles. The van der Waals surface area contributed by atoms with Crippen LogP contribution in [0.2, 0.25) is 0 Å². The number of ether oxygens (including phenoxy) is 2. The maximum Gasteiger partial charge on any atom is 0.306 e. The minimum Gasteiger partial charge on any atom is -0.417 e. The second kappa shape index (κ2) is 4.61. The number of nitrogens with zero attached hydrogens (tertiary/aromatic N) is 1. The summed E-state index contributed by atoms with van der Waals surface area (Å²) in [6.45, 7) is 4.56. The second-order valence-electron chi connectivity index (χ2n) is 4.77. The van der Waals surface area contributed by atoms with Crippen molar-refractivity contribution in [3.8, 4) is 0 Å². The highest BCUT2D eigenvalue weighted by Gasteiger charge is 2.37. The lowest BCUT2D eigenvalue weighted by Gasteiger charge is -2.34. The van der Waals surface area contributed by atoms with Gasteiger partial charge in [-0.15, -0.1) is 0 Å². The Kier molecular flexibility index (Phi) is 4.27. The molecule has 0 aromatic rings. The number of carbonyl (C=O) groups is 2. The smallest absolute Gasteiger partial charge is 0.306 e. The van der Waals surface area contributed by atoms with Crippen molar-refractivity contribution in [1.29, 1.82) is 0 Å². The Balaban J connectivity index is 4.69. The highest BCUT2D eigenvalue weighted by molar-refractivity contribution is 5.68. The number of quaternary nitrogens is 1. The molecule has 0 atom stereocenters. The maximum atomic E-state index is 10.9. The molecule has 0 aromatic heterocycles. The van der Waals surface area contributed by atoms with E-state index in [1.807, 2.05) is 21.1 Å². The topological polar surface area (TPSA) is 52.6 Å². The van der Waals surface area contributed by atoms with E-state index in [0.717, 1.165) is 0 Å². The molecule has 0 rings (SSSR count). The summed E-state index contributed by atoms with van der Waals surface area (Å²) in [5, 5.41) is 0. The summed E-state index contributed by atoms with van der Waals surface area (Å²) in [6, 6.07) is 0. The summed E-state index contributed by atoms with van der Waals surface area (Å²) in [6.07, 6.45) is 0. The lowest BCUT2D eigenvalue weighted by atomic mass is 10.2. The van der Waals surface area contributed by atoms with Gasteiger partial charge in [-0.2, -0.15) is 0 Å². The molecular formula is C10H20NO4+. The van der Waals surface area contributed by atoms with Gasteiger partial charge in [-0.1, -0.05) is 0 Å². The third-order valence-corrected chi connectivity index (χ3v) is 1.48. The summed E-state index contributed by atoms with van der Waals surface area (Å²) >= 11 is 0. The predicted molar refractivity (Wildman–Crippen MR) is 54.8 cm³/mol. The molecule has 0 fully saturated rings. The molecule has 0 amide bonds. The van der Waals surface area contributed by atoms with Crippen molar-refractivity contribution < 1.29 is 23.5 Å². The van der Waals surface area contributed by atoms with Crippen LogP contribution in [0, 0.1) is 0 Å². The van der Waals surface area contributed by atoms with E-state index in [2.05, 4.69) is 0 Å². The first kappa shape index (κ1) is 13.9. The van der Waals surface area contributed by atoms with Gasteiger partial charge in [-0.3, -0.25) is 9.59 Å². The predicted octanol–water partition coefficient (Wildman–Crippen LogP) is 0.535. The second-order valence-corrected chi connectivity index (χ2v) is 4.77. The van der Waals surface area contributed by atoms with Crippen molar-refractivity contribution in [1.82, 2.24) is 0 Å². The fourth-order valence-electron chi connectivity index (χ4n) is 1.56. The monoisotopic (exact) mass is 218 g/mol. The summed E-state index contributed by atoms with van der Waals surface area (Å²) in [5.41, 5.74) is 0. The van der Waals surface area contributed by atoms with Gasteiger partial charge in [-0.25, -0.2) is 0 Å². The molecule has 0 aliphatic carbocycles. The van der Waals surface area contributed by atoms with Gasteiger partial charge in [0.1, 0.15) is 0 Å². The Bertz CT molecular complexity index is 239. The zero-order valence-corrected chi connectivity index (χ0v) is 10.3. The van der Waals surface area contributed by atoms with Crippen LogP contribution in [0.25, 0.3) is 0 Å². The Morgan fingerprint density at radius 2 is 1.40 bits per heavy atom. The van der Waals surface area contributed by atoms with Crippen molar-refractivity contribution in [3.05, 3.63) is 0 Å². The van der Waals surface area contributed by atoms with Gasteiger partial charge in [0.15, 0.2) is 6.54 Å². The molecule has 0 saturated heterocycles. The van der Waals surface area contributed by atoms with E-state index < -0.39 is 17.7 Å². The van der Waals surface area contributed by atoms with E-state index in [1.54, 1.807) is 6.92 Å². The molecule has 5 nitrogen and oxygen atoms in total. The van der Waals surface area contributed by atoms with E-state index in [4.69, 9.17) is 9.47 Å². The Morgan fingerprint density at radius 3 is 1.60 bits per heavy atom. The molecule has 0 saturated carbocycles. The SMILES string of the molecule is CC(=O)OC(C)(C[N+](C)(C)C)OC(C)=O. The van der Waals surface area contributed by atoms with E-state index in [9.17, 15) is 9.59 Å². The van der Waals surface area contributed by atoms with Crippen molar-refractivity contribution in [2.45, 2.75) is 26.6 Å². The van der Waals surface area contributed by atoms with Crippen molar-refractivity contribution in [2.24, 2.45) is 0 Å². The molecule has 0 aliphatic heterocycles. The van der Waals surface area contributed by atoms with Crippen LogP contribution in [0.15, 0.2) is 0 Å². The quantitative estimate of drug-likeness (QED) is 0.392. The molecule has 0 heterocycles. The zero-order chi connectivity index (χ0) is 12.3. The third kappa shape index (κ3) is 6.90. The largest absolute Gasteiger partial charge is 0.417 e. The van der Waals surface area contributed by atoms with E-state index in [0.29, 0.717) is 11.0 Å². The number of likely N-dealkylation sites (N-methyl/N-ethyl adjacent to an activating group) is 1. The van der Waals surface area contributed by atoms with Gasteiger partial charge < -0.3 is 14.0 Å². The summed E-state index contributed by atoms with van der Waals surface area (Å²) in [4.78, 5) is 21.8. The summed E-state index contributed by atoms with van der Waals surface area (Å²) in [7, 11) is 5.77. The van der Waals surface area contributed by atoms with Crippen molar-refractivity contribution >= 4 is 11.9 Å². The van der Waals surface area contributed by atoms with Crippen LogP contribution < -0.4 is 0 Å². The lowest BCUT2D eigenvalue weighted by molar-refractivity contribution is -0.879. The van der Waals surface area contributed by atoms with E-state index in [1.165, 1.54) is 13.8 Å². The van der Waals surface area contributed by atoms with Gasteiger partial charge >= 0.3 is 17.7 Å². The molecule has 88 valence electrons. The first-order chi connectivity index (χ1) is 6.54. The molecule has 0 spiro atoms. The molecule has 5 heteroatoms. The zero-order valence-electron chi connectivity index (χ0n) is 10.3. The minimum atomic E-state index is -1.20. The van der Waals surface area contributed by atoms with E-state index >= 15 is 0 Å². The fraction of sp³-hybridized carbons (Fsp3) is 0.800. The van der Waals surface area contributed by atoms with Crippen LogP contribution in [0.5, 0.6) is 0 Å². The third-order valence-electron chi connectivity index (χ3n) is 1.48. The number of hydrogen-bond donors (Lipinski definition) is 0. The van der Waals surface area contributed by atoms with Gasteiger partial charge in [0.05, 0.1) is 21.1 Å². The highest BCUT2D eigenvalue weighted by Crippen LogP contribution is 2.16. The molecule has 0 bridgehead atoms.